The number of nitrogens with zero attached hydrogens (tertiary/aromatic N) is 1. The fourth-order valence-electron chi connectivity index (χ4n) is 3.89. The highest BCUT2D eigenvalue weighted by Gasteiger charge is 2.46. The first-order valence-corrected chi connectivity index (χ1v) is 8.11. The summed E-state index contributed by atoms with van der Waals surface area (Å²) in [6, 6.07) is 0.706. The fourth-order valence-corrected chi connectivity index (χ4v) is 3.89. The number of piperidine rings is 1. The third-order valence-electron chi connectivity index (χ3n) is 5.19. The molecule has 8 nitrogen and oxygen atoms in total. The first-order valence-electron chi connectivity index (χ1n) is 8.11. The van der Waals surface area contributed by atoms with Crippen molar-refractivity contribution in [1.82, 2.24) is 10.2 Å². The highest BCUT2D eigenvalue weighted by molar-refractivity contribution is 6.25. The number of anilines is 1. The van der Waals surface area contributed by atoms with Crippen molar-refractivity contribution in [2.24, 2.45) is 0 Å². The van der Waals surface area contributed by atoms with Gasteiger partial charge >= 0.3 is 0 Å². The van der Waals surface area contributed by atoms with Crippen molar-refractivity contribution in [1.29, 1.82) is 0 Å². The van der Waals surface area contributed by atoms with E-state index in [1.54, 1.807) is 13.2 Å². The minimum Gasteiger partial charge on any atom is -0.398 e. The standard InChI is InChI=1S/C17H17N3O5/c1-25-8-4-7-5-10-13(14(18)9(7)6-8)17(24)20(16(10)23)11-2-3-12(21)19-15(11)22/h5,8,11H,2-4,6,18H2,1H3,(H,19,21,22)/t8?,11-/m0/s1. The van der Waals surface area contributed by atoms with Crippen molar-refractivity contribution in [3.05, 3.63) is 28.3 Å². The number of hydrogen-bond donors (Lipinski definition) is 2. The number of ether oxygens (including phenoxy) is 1. The van der Waals surface area contributed by atoms with Gasteiger partial charge in [0, 0.05) is 25.6 Å². The second-order valence-corrected chi connectivity index (χ2v) is 6.56. The Morgan fingerprint density at radius 2 is 1.96 bits per heavy atom. The molecule has 2 atom stereocenters. The highest BCUT2D eigenvalue weighted by atomic mass is 16.5. The van der Waals surface area contributed by atoms with E-state index in [2.05, 4.69) is 5.32 Å². The third kappa shape index (κ3) is 2.17. The number of methoxy groups -OCH3 is 1. The summed E-state index contributed by atoms with van der Waals surface area (Å²) in [5, 5.41) is 2.18. The van der Waals surface area contributed by atoms with E-state index in [9.17, 15) is 19.2 Å². The molecule has 1 saturated heterocycles. The minimum absolute atomic E-state index is 0.0173. The molecule has 4 rings (SSSR count). The van der Waals surface area contributed by atoms with Crippen LogP contribution in [0, 0.1) is 0 Å². The number of carbonyl (C=O) groups excluding carboxylic acids is 4. The summed E-state index contributed by atoms with van der Waals surface area (Å²) in [6.07, 6.45) is 1.41. The van der Waals surface area contributed by atoms with Gasteiger partial charge in [-0.15, -0.1) is 0 Å². The molecule has 0 aromatic heterocycles. The molecule has 130 valence electrons. The van der Waals surface area contributed by atoms with Gasteiger partial charge in [-0.25, -0.2) is 0 Å². The van der Waals surface area contributed by atoms with E-state index < -0.39 is 29.7 Å². The minimum atomic E-state index is -0.980. The lowest BCUT2D eigenvalue weighted by molar-refractivity contribution is -0.136. The molecule has 1 aromatic carbocycles. The summed E-state index contributed by atoms with van der Waals surface area (Å²) in [5.74, 6) is -2.14. The molecule has 1 fully saturated rings. The van der Waals surface area contributed by atoms with E-state index in [-0.39, 0.29) is 30.1 Å². The SMILES string of the molecule is COC1Cc2cc3c(c(N)c2C1)C(=O)N([C@H]1CCC(=O)NC1=O)C3=O. The van der Waals surface area contributed by atoms with Crippen LogP contribution in [0.15, 0.2) is 6.07 Å². The summed E-state index contributed by atoms with van der Waals surface area (Å²) in [4.78, 5) is 49.9. The molecule has 1 aliphatic carbocycles. The Morgan fingerprint density at radius 1 is 1.20 bits per heavy atom. The molecule has 2 aliphatic heterocycles. The monoisotopic (exact) mass is 343 g/mol. The number of fused-ring (bicyclic) bond motifs is 2. The Labute approximate surface area is 143 Å². The zero-order valence-corrected chi connectivity index (χ0v) is 13.6. The van der Waals surface area contributed by atoms with E-state index in [0.29, 0.717) is 18.5 Å². The van der Waals surface area contributed by atoms with Crippen LogP contribution in [0.4, 0.5) is 5.69 Å². The Kier molecular flexibility index (Phi) is 3.40. The molecule has 2 heterocycles. The van der Waals surface area contributed by atoms with Gasteiger partial charge in [-0.3, -0.25) is 29.4 Å². The van der Waals surface area contributed by atoms with Crippen molar-refractivity contribution in [3.63, 3.8) is 0 Å². The topological polar surface area (TPSA) is 119 Å². The molecule has 0 bridgehead atoms. The Morgan fingerprint density at radius 3 is 2.64 bits per heavy atom. The first kappa shape index (κ1) is 15.8. The number of nitrogens with two attached hydrogens (primary N) is 1. The highest BCUT2D eigenvalue weighted by Crippen LogP contribution is 2.38. The molecule has 1 aromatic rings. The summed E-state index contributed by atoms with van der Waals surface area (Å²) in [6.45, 7) is 0. The lowest BCUT2D eigenvalue weighted by Gasteiger charge is -2.27. The molecule has 8 heteroatoms. The van der Waals surface area contributed by atoms with Gasteiger partial charge in [-0.2, -0.15) is 0 Å². The second-order valence-electron chi connectivity index (χ2n) is 6.56. The summed E-state index contributed by atoms with van der Waals surface area (Å²) < 4.78 is 5.35. The van der Waals surface area contributed by atoms with E-state index in [1.165, 1.54) is 0 Å². The summed E-state index contributed by atoms with van der Waals surface area (Å²) in [7, 11) is 1.61. The second kappa shape index (κ2) is 5.38. The van der Waals surface area contributed by atoms with Crippen molar-refractivity contribution in [2.75, 3.05) is 12.8 Å². The number of hydrogen-bond acceptors (Lipinski definition) is 6. The molecule has 3 aliphatic rings. The molecule has 25 heavy (non-hydrogen) atoms. The largest absolute Gasteiger partial charge is 0.398 e. The van der Waals surface area contributed by atoms with Gasteiger partial charge in [0.1, 0.15) is 6.04 Å². The van der Waals surface area contributed by atoms with Crippen molar-refractivity contribution in [2.45, 2.75) is 37.8 Å². The number of amides is 4. The van der Waals surface area contributed by atoms with Gasteiger partial charge in [-0.1, -0.05) is 0 Å². The molecule has 0 spiro atoms. The van der Waals surface area contributed by atoms with E-state index in [4.69, 9.17) is 10.5 Å². The average molecular weight is 343 g/mol. The zero-order chi connectivity index (χ0) is 17.9. The molecule has 1 unspecified atom stereocenters. The number of imide groups is 2. The predicted octanol–water partition coefficient (Wildman–Crippen LogP) is -0.216. The Balaban J connectivity index is 1.73. The molecule has 4 amide bonds. The lowest BCUT2D eigenvalue weighted by Crippen LogP contribution is -2.54. The number of rotatable bonds is 2. The van der Waals surface area contributed by atoms with Crippen molar-refractivity contribution >= 4 is 29.3 Å². The van der Waals surface area contributed by atoms with Gasteiger partial charge in [0.25, 0.3) is 11.8 Å². The molecular formula is C17H17N3O5. The van der Waals surface area contributed by atoms with Gasteiger partial charge in [-0.05, 0) is 30.0 Å². The summed E-state index contributed by atoms with van der Waals surface area (Å²) >= 11 is 0. The van der Waals surface area contributed by atoms with Crippen LogP contribution in [0.2, 0.25) is 0 Å². The quantitative estimate of drug-likeness (QED) is 0.566. The van der Waals surface area contributed by atoms with Crippen LogP contribution in [0.1, 0.15) is 44.7 Å². The number of carbonyl (C=O) groups is 4. The average Bonchev–Trinajstić information content (AvgIpc) is 3.09. The smallest absolute Gasteiger partial charge is 0.264 e. The third-order valence-corrected chi connectivity index (χ3v) is 5.19. The van der Waals surface area contributed by atoms with Gasteiger partial charge < -0.3 is 10.5 Å². The van der Waals surface area contributed by atoms with Gasteiger partial charge in [0.05, 0.1) is 17.2 Å². The van der Waals surface area contributed by atoms with Crippen LogP contribution in [0.25, 0.3) is 0 Å². The zero-order valence-electron chi connectivity index (χ0n) is 13.6. The van der Waals surface area contributed by atoms with Crippen LogP contribution >= 0.6 is 0 Å². The maximum Gasteiger partial charge on any atom is 0.264 e. The maximum atomic E-state index is 12.8. The van der Waals surface area contributed by atoms with Crippen LogP contribution in [-0.4, -0.2) is 47.8 Å². The van der Waals surface area contributed by atoms with Crippen LogP contribution < -0.4 is 11.1 Å². The normalized spacial score (nSPS) is 25.2. The molecular weight excluding hydrogens is 326 g/mol. The number of benzene rings is 1. The Hall–Kier alpha value is -2.74. The first-order chi connectivity index (χ1) is 11.9. The van der Waals surface area contributed by atoms with E-state index >= 15 is 0 Å². The van der Waals surface area contributed by atoms with Crippen molar-refractivity contribution in [3.8, 4) is 0 Å². The Bertz CT molecular complexity index is 847. The number of nitrogen functional groups attached to an aromatic ring is 1. The maximum absolute atomic E-state index is 12.8. The molecule has 3 N–H and O–H groups in total. The lowest BCUT2D eigenvalue weighted by atomic mass is 9.99. The number of nitrogens with one attached hydrogen (secondary N) is 1. The molecule has 0 radical (unpaired) electrons. The van der Waals surface area contributed by atoms with Crippen molar-refractivity contribution < 1.29 is 23.9 Å². The van der Waals surface area contributed by atoms with E-state index in [1.807, 2.05) is 0 Å². The molecule has 0 saturated carbocycles. The van der Waals surface area contributed by atoms with Crippen LogP contribution in [0.5, 0.6) is 0 Å². The van der Waals surface area contributed by atoms with Gasteiger partial charge in [0.2, 0.25) is 11.8 Å². The summed E-state index contributed by atoms with van der Waals surface area (Å²) in [5.41, 5.74) is 8.60. The van der Waals surface area contributed by atoms with E-state index in [0.717, 1.165) is 16.0 Å². The fraction of sp³-hybridized carbons (Fsp3) is 0.412. The van der Waals surface area contributed by atoms with Gasteiger partial charge in [0.15, 0.2) is 0 Å². The van der Waals surface area contributed by atoms with Crippen LogP contribution in [0.3, 0.4) is 0 Å². The predicted molar refractivity (Wildman–Crippen MR) is 85.7 cm³/mol. The van der Waals surface area contributed by atoms with Crippen LogP contribution in [-0.2, 0) is 27.2 Å².